The largest absolute Gasteiger partial charge is 0.461 e. The molecule has 0 aliphatic heterocycles. The number of carbonyl (C=O) groups is 1. The van der Waals surface area contributed by atoms with Crippen LogP contribution in [0.1, 0.15) is 27.7 Å². The first-order valence-corrected chi connectivity index (χ1v) is 9.78. The molecule has 0 radical (unpaired) electrons. The van der Waals surface area contributed by atoms with Gasteiger partial charge in [0.25, 0.3) is 5.91 Å². The number of carbonyl (C=O) groups excluding carboxylic acids is 1. The van der Waals surface area contributed by atoms with E-state index < -0.39 is 6.10 Å². The summed E-state index contributed by atoms with van der Waals surface area (Å²) in [6, 6.07) is 10.4. The average Bonchev–Trinajstić information content (AvgIpc) is 3.20. The predicted octanol–water partition coefficient (Wildman–Crippen LogP) is 3.88. The van der Waals surface area contributed by atoms with Crippen LogP contribution >= 0.6 is 23.4 Å². The van der Waals surface area contributed by atoms with E-state index in [1.165, 1.54) is 11.8 Å². The van der Waals surface area contributed by atoms with Gasteiger partial charge in [-0.05, 0) is 43.0 Å². The summed E-state index contributed by atoms with van der Waals surface area (Å²) in [6.07, 6.45) is 2.55. The highest BCUT2D eigenvalue weighted by molar-refractivity contribution is 7.98. The fraction of sp³-hybridized carbons (Fsp3) is 0.211. The van der Waals surface area contributed by atoms with E-state index in [2.05, 4.69) is 15.3 Å². The number of aliphatic hydroxyl groups is 1. The van der Waals surface area contributed by atoms with Crippen molar-refractivity contribution in [3.8, 4) is 11.6 Å². The molecule has 140 valence electrons. The first-order chi connectivity index (χ1) is 13.0. The highest BCUT2D eigenvalue weighted by atomic mass is 35.5. The van der Waals surface area contributed by atoms with E-state index >= 15 is 0 Å². The first-order valence-electron chi connectivity index (χ1n) is 8.18. The molecule has 0 saturated heterocycles. The lowest BCUT2D eigenvalue weighted by molar-refractivity contribution is 0.0911. The van der Waals surface area contributed by atoms with E-state index in [1.807, 2.05) is 6.26 Å². The molecule has 0 aliphatic carbocycles. The number of benzene rings is 1. The minimum atomic E-state index is -0.840. The zero-order chi connectivity index (χ0) is 19.4. The second-order valence-electron chi connectivity index (χ2n) is 5.77. The molecule has 3 rings (SSSR count). The van der Waals surface area contributed by atoms with Crippen molar-refractivity contribution in [2.75, 3.05) is 12.8 Å². The van der Waals surface area contributed by atoms with Crippen molar-refractivity contribution < 1.29 is 14.3 Å². The van der Waals surface area contributed by atoms with Gasteiger partial charge in [0.15, 0.2) is 11.6 Å². The smallest absolute Gasteiger partial charge is 0.255 e. The number of rotatable bonds is 6. The molecule has 1 aromatic carbocycles. The van der Waals surface area contributed by atoms with Crippen LogP contribution in [0.3, 0.4) is 0 Å². The Morgan fingerprint density at radius 3 is 2.67 bits per heavy atom. The van der Waals surface area contributed by atoms with Crippen LogP contribution in [0.2, 0.25) is 5.02 Å². The number of aryl methyl sites for hydroxylation is 1. The van der Waals surface area contributed by atoms with Crippen LogP contribution in [0, 0.1) is 6.92 Å². The Kier molecular flexibility index (Phi) is 6.15. The Bertz CT molecular complexity index is 930. The molecule has 6 nitrogen and oxygen atoms in total. The van der Waals surface area contributed by atoms with E-state index in [4.69, 9.17) is 16.0 Å². The second-order valence-corrected chi connectivity index (χ2v) is 7.00. The van der Waals surface area contributed by atoms with Gasteiger partial charge in [-0.15, -0.1) is 11.8 Å². The molecule has 2 N–H and O–H groups in total. The third-order valence-corrected chi connectivity index (χ3v) is 4.86. The Hall–Kier alpha value is -2.35. The van der Waals surface area contributed by atoms with Crippen LogP contribution < -0.4 is 5.32 Å². The summed E-state index contributed by atoms with van der Waals surface area (Å²) in [5.41, 5.74) is 1.60. The third-order valence-electron chi connectivity index (χ3n) is 3.93. The monoisotopic (exact) mass is 403 g/mol. The highest BCUT2D eigenvalue weighted by Crippen LogP contribution is 2.25. The zero-order valence-electron chi connectivity index (χ0n) is 14.8. The summed E-state index contributed by atoms with van der Waals surface area (Å²) >= 11 is 7.20. The number of hydrogen-bond acceptors (Lipinski definition) is 6. The summed E-state index contributed by atoms with van der Waals surface area (Å²) in [4.78, 5) is 21.5. The summed E-state index contributed by atoms with van der Waals surface area (Å²) in [5, 5.41) is 14.1. The Morgan fingerprint density at radius 1 is 1.30 bits per heavy atom. The molecule has 1 unspecified atom stereocenters. The van der Waals surface area contributed by atoms with Gasteiger partial charge in [0.2, 0.25) is 0 Å². The van der Waals surface area contributed by atoms with E-state index in [1.54, 1.807) is 49.6 Å². The van der Waals surface area contributed by atoms with Crippen LogP contribution in [-0.4, -0.2) is 33.8 Å². The minimum Gasteiger partial charge on any atom is -0.461 e. The van der Waals surface area contributed by atoms with Gasteiger partial charge in [-0.3, -0.25) is 4.79 Å². The fourth-order valence-electron chi connectivity index (χ4n) is 2.55. The van der Waals surface area contributed by atoms with Gasteiger partial charge in [-0.2, -0.15) is 0 Å². The van der Waals surface area contributed by atoms with E-state index in [9.17, 15) is 9.90 Å². The number of nitrogens with one attached hydrogen (secondary N) is 1. The topological polar surface area (TPSA) is 88.2 Å². The number of halogens is 1. The molecule has 2 aromatic heterocycles. The zero-order valence-corrected chi connectivity index (χ0v) is 16.3. The van der Waals surface area contributed by atoms with Gasteiger partial charge in [0.1, 0.15) is 5.03 Å². The molecule has 0 bridgehead atoms. The predicted molar refractivity (Wildman–Crippen MR) is 105 cm³/mol. The Balaban J connectivity index is 1.77. The van der Waals surface area contributed by atoms with Crippen LogP contribution in [0.25, 0.3) is 11.6 Å². The third kappa shape index (κ3) is 4.50. The number of aliphatic hydroxyl groups excluding tert-OH is 1. The maximum absolute atomic E-state index is 12.7. The molecular formula is C19H18ClN3O3S. The molecule has 1 atom stereocenters. The molecule has 27 heavy (non-hydrogen) atoms. The Morgan fingerprint density at radius 2 is 2.04 bits per heavy atom. The maximum Gasteiger partial charge on any atom is 0.255 e. The Labute approximate surface area is 166 Å². The second kappa shape index (κ2) is 8.56. The lowest BCUT2D eigenvalue weighted by Gasteiger charge is -2.15. The molecule has 0 fully saturated rings. The van der Waals surface area contributed by atoms with Crippen molar-refractivity contribution in [2.45, 2.75) is 18.1 Å². The summed E-state index contributed by atoms with van der Waals surface area (Å²) < 4.78 is 5.33. The molecule has 0 spiro atoms. The van der Waals surface area contributed by atoms with Gasteiger partial charge in [-0.25, -0.2) is 9.97 Å². The average molecular weight is 404 g/mol. The SMILES string of the molecule is CSc1nc(-c2ccco2)nc(C)c1C(=O)NCC(O)c1ccc(Cl)cc1. The number of furan rings is 1. The van der Waals surface area contributed by atoms with E-state index in [-0.39, 0.29) is 12.5 Å². The molecule has 8 heteroatoms. The highest BCUT2D eigenvalue weighted by Gasteiger charge is 2.20. The van der Waals surface area contributed by atoms with Gasteiger partial charge in [0, 0.05) is 11.6 Å². The summed E-state index contributed by atoms with van der Waals surface area (Å²) in [7, 11) is 0. The summed E-state index contributed by atoms with van der Waals surface area (Å²) in [5.74, 6) is 0.633. The van der Waals surface area contributed by atoms with Gasteiger partial charge < -0.3 is 14.8 Å². The van der Waals surface area contributed by atoms with Crippen LogP contribution in [0.5, 0.6) is 0 Å². The quantitative estimate of drug-likeness (QED) is 0.479. The normalized spacial score (nSPS) is 12.0. The molecule has 2 heterocycles. The maximum atomic E-state index is 12.7. The number of hydrogen-bond donors (Lipinski definition) is 2. The summed E-state index contributed by atoms with van der Waals surface area (Å²) in [6.45, 7) is 1.81. The minimum absolute atomic E-state index is 0.0632. The van der Waals surface area contributed by atoms with Gasteiger partial charge >= 0.3 is 0 Å². The van der Waals surface area contributed by atoms with Crippen LogP contribution in [0.15, 0.2) is 52.1 Å². The lowest BCUT2D eigenvalue weighted by atomic mass is 10.1. The molecule has 0 aliphatic rings. The van der Waals surface area contributed by atoms with E-state index in [0.29, 0.717) is 38.5 Å². The van der Waals surface area contributed by atoms with Gasteiger partial charge in [-0.1, -0.05) is 23.7 Å². The fourth-order valence-corrected chi connectivity index (χ4v) is 3.30. The molecule has 3 aromatic rings. The van der Waals surface area contributed by atoms with Crippen molar-refractivity contribution in [3.63, 3.8) is 0 Å². The number of aromatic nitrogens is 2. The standard InChI is InChI=1S/C19H18ClN3O3S/c1-11-16(19(27-2)23-17(22-11)15-4-3-9-26-15)18(25)21-10-14(24)12-5-7-13(20)8-6-12/h3-9,14,24H,10H2,1-2H3,(H,21,25). The molecular weight excluding hydrogens is 386 g/mol. The van der Waals surface area contributed by atoms with Crippen molar-refractivity contribution in [2.24, 2.45) is 0 Å². The van der Waals surface area contributed by atoms with Crippen LogP contribution in [-0.2, 0) is 0 Å². The molecule has 1 amide bonds. The number of amides is 1. The van der Waals surface area contributed by atoms with Crippen molar-refractivity contribution in [1.29, 1.82) is 0 Å². The number of nitrogens with zero attached hydrogens (tertiary/aromatic N) is 2. The number of thioether (sulfide) groups is 1. The van der Waals surface area contributed by atoms with Crippen molar-refractivity contribution in [1.82, 2.24) is 15.3 Å². The van der Waals surface area contributed by atoms with Gasteiger partial charge in [0.05, 0.1) is 23.6 Å². The van der Waals surface area contributed by atoms with Crippen molar-refractivity contribution >= 4 is 29.3 Å². The first kappa shape index (κ1) is 19.4. The van der Waals surface area contributed by atoms with Crippen molar-refractivity contribution in [3.05, 3.63) is 64.5 Å². The lowest BCUT2D eigenvalue weighted by Crippen LogP contribution is -2.30. The van der Waals surface area contributed by atoms with Crippen LogP contribution in [0.4, 0.5) is 0 Å². The van der Waals surface area contributed by atoms with E-state index in [0.717, 1.165) is 0 Å². The molecule has 0 saturated carbocycles.